The van der Waals surface area contributed by atoms with Gasteiger partial charge in [0.1, 0.15) is 5.02 Å². The Bertz CT molecular complexity index is 828. The van der Waals surface area contributed by atoms with Crippen molar-refractivity contribution in [3.63, 3.8) is 0 Å². The molecule has 2 aliphatic rings. The number of nitrogens with zero attached hydrogens (tertiary/aromatic N) is 3. The van der Waals surface area contributed by atoms with Crippen molar-refractivity contribution in [1.29, 1.82) is 0 Å². The van der Waals surface area contributed by atoms with Gasteiger partial charge in [-0.3, -0.25) is 0 Å². The van der Waals surface area contributed by atoms with Crippen LogP contribution in [0.4, 0.5) is 17.5 Å². The second-order valence-corrected chi connectivity index (χ2v) is 7.88. The SMILES string of the molecule is CCN(CC)CC1COC(c2cccc(Nc3ncc(Cl)c(NC4CC4)n3)c2)O1. The van der Waals surface area contributed by atoms with Crippen LogP contribution in [0, 0.1) is 0 Å². The molecule has 4 rings (SSSR count). The molecule has 1 aliphatic heterocycles. The van der Waals surface area contributed by atoms with Gasteiger partial charge in [-0.2, -0.15) is 4.98 Å². The maximum atomic E-state index is 6.20. The predicted octanol–water partition coefficient (Wildman–Crippen LogP) is 4.20. The summed E-state index contributed by atoms with van der Waals surface area (Å²) in [6.07, 6.45) is 3.67. The summed E-state index contributed by atoms with van der Waals surface area (Å²) in [7, 11) is 0. The van der Waals surface area contributed by atoms with Crippen molar-refractivity contribution in [2.45, 2.75) is 45.1 Å². The molecule has 1 aromatic heterocycles. The van der Waals surface area contributed by atoms with Gasteiger partial charge in [0.25, 0.3) is 0 Å². The molecule has 2 N–H and O–H groups in total. The number of rotatable bonds is 9. The van der Waals surface area contributed by atoms with Gasteiger partial charge in [-0.05, 0) is 38.1 Å². The number of hydrogen-bond donors (Lipinski definition) is 2. The first kappa shape index (κ1) is 20.3. The lowest BCUT2D eigenvalue weighted by molar-refractivity contribution is -0.0639. The maximum absolute atomic E-state index is 6.20. The maximum Gasteiger partial charge on any atom is 0.229 e. The molecule has 1 saturated carbocycles. The van der Waals surface area contributed by atoms with Gasteiger partial charge in [-0.25, -0.2) is 4.98 Å². The molecular weight excluding hydrogens is 390 g/mol. The number of nitrogens with one attached hydrogen (secondary N) is 2. The third kappa shape index (κ3) is 5.36. The number of ether oxygens (including phenoxy) is 2. The van der Waals surface area contributed by atoms with E-state index in [4.69, 9.17) is 21.1 Å². The third-order valence-corrected chi connectivity index (χ3v) is 5.46. The van der Waals surface area contributed by atoms with Crippen LogP contribution in [0.15, 0.2) is 30.5 Å². The first-order valence-corrected chi connectivity index (χ1v) is 10.7. The van der Waals surface area contributed by atoms with Gasteiger partial charge in [-0.1, -0.05) is 37.6 Å². The molecule has 0 radical (unpaired) electrons. The van der Waals surface area contributed by atoms with E-state index in [-0.39, 0.29) is 12.4 Å². The van der Waals surface area contributed by atoms with Crippen LogP contribution in [-0.4, -0.2) is 53.3 Å². The number of anilines is 3. The predicted molar refractivity (Wildman–Crippen MR) is 115 cm³/mol. The second kappa shape index (κ2) is 9.26. The molecular formula is C21H28ClN5O2. The summed E-state index contributed by atoms with van der Waals surface area (Å²) in [6.45, 7) is 7.84. The smallest absolute Gasteiger partial charge is 0.229 e. The number of halogens is 1. The van der Waals surface area contributed by atoms with Crippen molar-refractivity contribution >= 4 is 29.1 Å². The van der Waals surface area contributed by atoms with E-state index in [2.05, 4.69) is 39.3 Å². The Kier molecular flexibility index (Phi) is 6.50. The lowest BCUT2D eigenvalue weighted by Crippen LogP contribution is -2.33. The molecule has 8 heteroatoms. The highest BCUT2D eigenvalue weighted by Gasteiger charge is 2.28. The second-order valence-electron chi connectivity index (χ2n) is 7.47. The van der Waals surface area contributed by atoms with Crippen molar-refractivity contribution in [3.8, 4) is 0 Å². The minimum Gasteiger partial charge on any atom is -0.366 e. The number of benzene rings is 1. The average molecular weight is 418 g/mol. The molecule has 2 unspecified atom stereocenters. The number of aromatic nitrogens is 2. The molecule has 2 heterocycles. The van der Waals surface area contributed by atoms with Gasteiger partial charge in [0.05, 0.1) is 18.9 Å². The Morgan fingerprint density at radius 2 is 2.07 bits per heavy atom. The minimum atomic E-state index is -0.351. The summed E-state index contributed by atoms with van der Waals surface area (Å²) in [6, 6.07) is 8.44. The van der Waals surface area contributed by atoms with Gasteiger partial charge in [0.15, 0.2) is 12.1 Å². The van der Waals surface area contributed by atoms with Crippen LogP contribution in [0.25, 0.3) is 0 Å². The lowest BCUT2D eigenvalue weighted by Gasteiger charge is -2.21. The molecule has 156 valence electrons. The van der Waals surface area contributed by atoms with Crippen LogP contribution in [0.3, 0.4) is 0 Å². The van der Waals surface area contributed by atoms with Crippen LogP contribution in [-0.2, 0) is 9.47 Å². The highest BCUT2D eigenvalue weighted by Crippen LogP contribution is 2.31. The fourth-order valence-electron chi connectivity index (χ4n) is 3.33. The molecule has 2 atom stereocenters. The van der Waals surface area contributed by atoms with E-state index in [1.54, 1.807) is 6.20 Å². The molecule has 1 aliphatic carbocycles. The zero-order valence-corrected chi connectivity index (χ0v) is 17.7. The van der Waals surface area contributed by atoms with Gasteiger partial charge >= 0.3 is 0 Å². The third-order valence-electron chi connectivity index (χ3n) is 5.18. The Hall–Kier alpha value is -1.93. The fraction of sp³-hybridized carbons (Fsp3) is 0.524. The van der Waals surface area contributed by atoms with Crippen molar-refractivity contribution in [1.82, 2.24) is 14.9 Å². The van der Waals surface area contributed by atoms with Crippen LogP contribution in [0.1, 0.15) is 38.5 Å². The normalized spacial score (nSPS) is 21.5. The van der Waals surface area contributed by atoms with Crippen molar-refractivity contribution < 1.29 is 9.47 Å². The molecule has 7 nitrogen and oxygen atoms in total. The molecule has 1 aromatic carbocycles. The monoisotopic (exact) mass is 417 g/mol. The van der Waals surface area contributed by atoms with Gasteiger partial charge < -0.3 is 25.0 Å². The highest BCUT2D eigenvalue weighted by atomic mass is 35.5. The summed E-state index contributed by atoms with van der Waals surface area (Å²) in [5.41, 5.74) is 1.85. The molecule has 1 saturated heterocycles. The Labute approximate surface area is 176 Å². The minimum absolute atomic E-state index is 0.0900. The molecule has 2 aromatic rings. The summed E-state index contributed by atoms with van der Waals surface area (Å²) in [5.74, 6) is 1.17. The Balaban J connectivity index is 1.40. The Morgan fingerprint density at radius 3 is 2.83 bits per heavy atom. The number of likely N-dealkylation sites (N-methyl/N-ethyl adjacent to an activating group) is 1. The van der Waals surface area contributed by atoms with Crippen molar-refractivity contribution in [2.24, 2.45) is 0 Å². The summed E-state index contributed by atoms with van der Waals surface area (Å²) in [4.78, 5) is 11.1. The summed E-state index contributed by atoms with van der Waals surface area (Å²) < 4.78 is 12.0. The van der Waals surface area contributed by atoms with Crippen LogP contribution < -0.4 is 10.6 Å². The van der Waals surface area contributed by atoms with Crippen LogP contribution >= 0.6 is 11.6 Å². The lowest BCUT2D eigenvalue weighted by atomic mass is 10.2. The molecule has 0 amide bonds. The van der Waals surface area contributed by atoms with E-state index in [0.29, 0.717) is 29.4 Å². The van der Waals surface area contributed by atoms with Gasteiger partial charge in [0, 0.05) is 23.8 Å². The first-order chi connectivity index (χ1) is 14.1. The van der Waals surface area contributed by atoms with Crippen LogP contribution in [0.2, 0.25) is 5.02 Å². The van der Waals surface area contributed by atoms with E-state index in [1.165, 1.54) is 0 Å². The number of hydrogen-bond acceptors (Lipinski definition) is 7. The molecule has 0 bridgehead atoms. The molecule has 0 spiro atoms. The standard InChI is InChI=1S/C21H28ClN5O2/c1-3-27(4-2)12-17-13-28-20(29-17)14-6-5-7-16(10-14)25-21-23-11-18(22)19(26-21)24-15-8-9-15/h5-7,10-11,15,17,20H,3-4,8-9,12-13H2,1-2H3,(H2,23,24,25,26). The first-order valence-electron chi connectivity index (χ1n) is 10.3. The van der Waals surface area contributed by atoms with E-state index < -0.39 is 0 Å². The van der Waals surface area contributed by atoms with Crippen molar-refractivity contribution in [3.05, 3.63) is 41.0 Å². The summed E-state index contributed by atoms with van der Waals surface area (Å²) in [5, 5.41) is 7.11. The Morgan fingerprint density at radius 1 is 1.24 bits per heavy atom. The average Bonchev–Trinajstić information content (AvgIpc) is 3.43. The highest BCUT2D eigenvalue weighted by molar-refractivity contribution is 6.32. The topological polar surface area (TPSA) is 71.5 Å². The molecule has 2 fully saturated rings. The summed E-state index contributed by atoms with van der Waals surface area (Å²) >= 11 is 6.20. The van der Waals surface area contributed by atoms with Gasteiger partial charge in [0.2, 0.25) is 5.95 Å². The van der Waals surface area contributed by atoms with E-state index in [1.807, 2.05) is 24.3 Å². The largest absolute Gasteiger partial charge is 0.366 e. The quantitative estimate of drug-likeness (QED) is 0.633. The van der Waals surface area contributed by atoms with E-state index in [0.717, 1.165) is 43.7 Å². The fourth-order valence-corrected chi connectivity index (χ4v) is 3.48. The zero-order valence-electron chi connectivity index (χ0n) is 16.9. The van der Waals surface area contributed by atoms with Crippen molar-refractivity contribution in [2.75, 3.05) is 36.9 Å². The zero-order chi connectivity index (χ0) is 20.2. The van der Waals surface area contributed by atoms with E-state index in [9.17, 15) is 0 Å². The van der Waals surface area contributed by atoms with Crippen LogP contribution in [0.5, 0.6) is 0 Å². The van der Waals surface area contributed by atoms with Gasteiger partial charge in [-0.15, -0.1) is 0 Å². The molecule has 29 heavy (non-hydrogen) atoms. The van der Waals surface area contributed by atoms with E-state index >= 15 is 0 Å².